The van der Waals surface area contributed by atoms with Gasteiger partial charge in [0.25, 0.3) is 0 Å². The maximum Gasteiger partial charge on any atom is 0.159 e. The highest BCUT2D eigenvalue weighted by molar-refractivity contribution is 6.13. The van der Waals surface area contributed by atoms with Crippen molar-refractivity contribution < 1.29 is 4.42 Å². The number of aryl methyl sites for hydroxylation is 2. The van der Waals surface area contributed by atoms with E-state index in [1.54, 1.807) is 0 Å². The smallest absolute Gasteiger partial charge is 0.159 e. The summed E-state index contributed by atoms with van der Waals surface area (Å²) in [6, 6.07) is 65.8. The largest absolute Gasteiger partial charge is 0.454 e. The van der Waals surface area contributed by atoms with Crippen LogP contribution in [0.15, 0.2) is 186 Å². The summed E-state index contributed by atoms with van der Waals surface area (Å²) in [6.45, 7) is 4.36. The standard InChI is InChI=1S/C52H36N2O/c1-33-13-6-9-19-48(33)53(39-15-4-3-5-16-39)40-25-23-35-29-44-46(31-37(35)27-40)45-30-36-24-26-41(28-38(36)32-47(44)45)54(49-20-10-7-14-34(49)2)50-21-12-18-43-42-17-8-11-22-51(42)55-52(43)50/h3-32H,1-2H3. The Morgan fingerprint density at radius 3 is 1.47 bits per heavy atom. The highest BCUT2D eigenvalue weighted by atomic mass is 16.3. The Kier molecular flexibility index (Phi) is 6.99. The minimum Gasteiger partial charge on any atom is -0.454 e. The van der Waals surface area contributed by atoms with Crippen molar-refractivity contribution in [2.45, 2.75) is 13.8 Å². The summed E-state index contributed by atoms with van der Waals surface area (Å²) in [6.07, 6.45) is 0. The van der Waals surface area contributed by atoms with Crippen LogP contribution in [0.2, 0.25) is 0 Å². The first-order valence-corrected chi connectivity index (χ1v) is 18.9. The Morgan fingerprint density at radius 1 is 0.345 bits per heavy atom. The fraction of sp³-hybridized carbons (Fsp3) is 0.0385. The summed E-state index contributed by atoms with van der Waals surface area (Å²) in [5.41, 5.74) is 16.2. The molecule has 0 aliphatic heterocycles. The molecule has 0 radical (unpaired) electrons. The van der Waals surface area contributed by atoms with Crippen molar-refractivity contribution in [2.24, 2.45) is 0 Å². The van der Waals surface area contributed by atoms with E-state index in [1.807, 2.05) is 6.07 Å². The van der Waals surface area contributed by atoms with Crippen molar-refractivity contribution in [3.8, 4) is 22.3 Å². The molecule has 0 amide bonds. The fourth-order valence-electron chi connectivity index (χ4n) is 8.63. The molecular formula is C52H36N2O. The van der Waals surface area contributed by atoms with E-state index in [0.29, 0.717) is 0 Å². The summed E-state index contributed by atoms with van der Waals surface area (Å²) in [4.78, 5) is 4.72. The molecule has 0 N–H and O–H groups in total. The number of benzene rings is 9. The van der Waals surface area contributed by atoms with Gasteiger partial charge in [-0.15, -0.1) is 0 Å². The summed E-state index contributed by atoms with van der Waals surface area (Å²) in [7, 11) is 0. The average molecular weight is 705 g/mol. The zero-order chi connectivity index (χ0) is 36.6. The Balaban J connectivity index is 1.02. The zero-order valence-corrected chi connectivity index (χ0v) is 30.6. The van der Waals surface area contributed by atoms with Gasteiger partial charge >= 0.3 is 0 Å². The number of nitrogens with zero attached hydrogens (tertiary/aromatic N) is 2. The third-order valence-corrected chi connectivity index (χ3v) is 11.4. The minimum atomic E-state index is 0.888. The lowest BCUT2D eigenvalue weighted by Crippen LogP contribution is -2.11. The summed E-state index contributed by atoms with van der Waals surface area (Å²) < 4.78 is 6.58. The highest BCUT2D eigenvalue weighted by Crippen LogP contribution is 2.52. The zero-order valence-electron chi connectivity index (χ0n) is 30.6. The third-order valence-electron chi connectivity index (χ3n) is 11.4. The van der Waals surface area contributed by atoms with Crippen LogP contribution in [0.3, 0.4) is 0 Å². The van der Waals surface area contributed by atoms with Crippen LogP contribution in [-0.4, -0.2) is 0 Å². The Hall–Kier alpha value is -7.10. The predicted molar refractivity (Wildman–Crippen MR) is 232 cm³/mol. The van der Waals surface area contributed by atoms with Gasteiger partial charge in [-0.05, 0) is 154 Å². The van der Waals surface area contributed by atoms with Crippen LogP contribution >= 0.6 is 0 Å². The lowest BCUT2D eigenvalue weighted by atomic mass is 9.78. The molecule has 9 aromatic carbocycles. The van der Waals surface area contributed by atoms with E-state index in [1.165, 1.54) is 60.6 Å². The van der Waals surface area contributed by atoms with Crippen LogP contribution < -0.4 is 9.80 Å². The monoisotopic (exact) mass is 704 g/mol. The van der Waals surface area contributed by atoms with E-state index in [2.05, 4.69) is 200 Å². The number of anilines is 6. The Morgan fingerprint density at radius 2 is 0.836 bits per heavy atom. The molecule has 1 heterocycles. The fourth-order valence-corrected chi connectivity index (χ4v) is 8.63. The van der Waals surface area contributed by atoms with Gasteiger partial charge in [0.1, 0.15) is 5.58 Å². The summed E-state index contributed by atoms with van der Waals surface area (Å²) in [5, 5.41) is 7.16. The molecule has 10 aromatic rings. The quantitative estimate of drug-likeness (QED) is 0.172. The third kappa shape index (κ3) is 4.97. The van der Waals surface area contributed by atoms with Crippen LogP contribution in [0.5, 0.6) is 0 Å². The number of furan rings is 1. The van der Waals surface area contributed by atoms with Gasteiger partial charge in [0.15, 0.2) is 5.58 Å². The second-order valence-corrected chi connectivity index (χ2v) is 14.7. The normalized spacial score (nSPS) is 11.8. The van der Waals surface area contributed by atoms with Gasteiger partial charge in [-0.3, -0.25) is 0 Å². The molecule has 0 saturated carbocycles. The van der Waals surface area contributed by atoms with Crippen LogP contribution in [0.25, 0.3) is 65.7 Å². The molecule has 0 bridgehead atoms. The molecule has 0 saturated heterocycles. The first kappa shape index (κ1) is 31.4. The molecule has 55 heavy (non-hydrogen) atoms. The highest BCUT2D eigenvalue weighted by Gasteiger charge is 2.26. The van der Waals surface area contributed by atoms with Crippen molar-refractivity contribution in [1.82, 2.24) is 0 Å². The van der Waals surface area contributed by atoms with Crippen LogP contribution in [0, 0.1) is 13.8 Å². The molecule has 0 spiro atoms. The van der Waals surface area contributed by atoms with Gasteiger partial charge in [-0.2, -0.15) is 0 Å². The van der Waals surface area contributed by atoms with Crippen LogP contribution in [0.4, 0.5) is 34.1 Å². The molecule has 0 unspecified atom stereocenters. The van der Waals surface area contributed by atoms with Gasteiger partial charge in [-0.25, -0.2) is 0 Å². The molecule has 1 aliphatic carbocycles. The van der Waals surface area contributed by atoms with Crippen LogP contribution in [0.1, 0.15) is 11.1 Å². The van der Waals surface area contributed by atoms with E-state index >= 15 is 0 Å². The number of para-hydroxylation sites is 5. The minimum absolute atomic E-state index is 0.888. The van der Waals surface area contributed by atoms with Gasteiger partial charge in [0.05, 0.1) is 5.69 Å². The van der Waals surface area contributed by atoms with E-state index in [-0.39, 0.29) is 0 Å². The lowest BCUT2D eigenvalue weighted by Gasteiger charge is -2.29. The van der Waals surface area contributed by atoms with E-state index in [9.17, 15) is 0 Å². The number of hydrogen-bond acceptors (Lipinski definition) is 3. The molecule has 3 nitrogen and oxygen atoms in total. The van der Waals surface area contributed by atoms with Crippen LogP contribution in [-0.2, 0) is 0 Å². The van der Waals surface area contributed by atoms with E-state index in [0.717, 1.165) is 50.4 Å². The maximum atomic E-state index is 6.58. The average Bonchev–Trinajstić information content (AvgIpc) is 3.61. The molecule has 260 valence electrons. The summed E-state index contributed by atoms with van der Waals surface area (Å²) >= 11 is 0. The second-order valence-electron chi connectivity index (χ2n) is 14.7. The molecule has 3 heteroatoms. The SMILES string of the molecule is Cc1ccccc1N(c1ccccc1)c1ccc2cc3c(cc2c1)-c1cc2ccc(N(c4ccccc4C)c4cccc5c4oc4ccccc45)cc2cc1-3. The lowest BCUT2D eigenvalue weighted by molar-refractivity contribution is 0.669. The molecule has 1 aliphatic rings. The molecule has 11 rings (SSSR count). The van der Waals surface area contributed by atoms with Gasteiger partial charge < -0.3 is 14.2 Å². The van der Waals surface area contributed by atoms with E-state index in [4.69, 9.17) is 4.42 Å². The topological polar surface area (TPSA) is 19.6 Å². The maximum absolute atomic E-state index is 6.58. The first-order valence-electron chi connectivity index (χ1n) is 18.9. The van der Waals surface area contributed by atoms with Crippen molar-refractivity contribution in [1.29, 1.82) is 0 Å². The summed E-state index contributed by atoms with van der Waals surface area (Å²) in [5.74, 6) is 0. The molecule has 0 fully saturated rings. The van der Waals surface area contributed by atoms with Crippen molar-refractivity contribution in [3.05, 3.63) is 193 Å². The Bertz CT molecular complexity index is 3140. The first-order chi connectivity index (χ1) is 27.1. The van der Waals surface area contributed by atoms with Gasteiger partial charge in [-0.1, -0.05) is 97.1 Å². The number of rotatable bonds is 6. The Labute approximate surface area is 319 Å². The molecule has 0 atom stereocenters. The van der Waals surface area contributed by atoms with Gasteiger partial charge in [0.2, 0.25) is 0 Å². The molecular weight excluding hydrogens is 669 g/mol. The molecule has 1 aromatic heterocycles. The van der Waals surface area contributed by atoms with E-state index < -0.39 is 0 Å². The van der Waals surface area contributed by atoms with Crippen molar-refractivity contribution in [2.75, 3.05) is 9.80 Å². The van der Waals surface area contributed by atoms with Crippen molar-refractivity contribution >= 4 is 77.6 Å². The number of fused-ring (bicyclic) bond motifs is 9. The predicted octanol–water partition coefficient (Wildman–Crippen LogP) is 15.1. The number of hydrogen-bond donors (Lipinski definition) is 0. The second kappa shape index (κ2) is 12.2. The van der Waals surface area contributed by atoms with Gasteiger partial charge in [0, 0.05) is 39.2 Å². The van der Waals surface area contributed by atoms with Crippen molar-refractivity contribution in [3.63, 3.8) is 0 Å².